The summed E-state index contributed by atoms with van der Waals surface area (Å²) in [5.74, 6) is 1.24. The van der Waals surface area contributed by atoms with Gasteiger partial charge in [-0.15, -0.1) is 5.10 Å². The van der Waals surface area contributed by atoms with Crippen molar-refractivity contribution in [2.24, 2.45) is 0 Å². The molecule has 8 heteroatoms. The van der Waals surface area contributed by atoms with Crippen LogP contribution in [0.15, 0.2) is 12.4 Å². The van der Waals surface area contributed by atoms with Gasteiger partial charge in [-0.05, 0) is 16.5 Å². The molecule has 1 N–H and O–H groups in total. The third kappa shape index (κ3) is 3.47. The minimum atomic E-state index is -1.03. The summed E-state index contributed by atoms with van der Waals surface area (Å²) in [5.41, 5.74) is 0. The third-order valence-corrected chi connectivity index (χ3v) is 4.20. The fourth-order valence-corrected chi connectivity index (χ4v) is 2.18. The van der Waals surface area contributed by atoms with Crippen molar-refractivity contribution in [3.05, 3.63) is 12.4 Å². The second-order valence-corrected chi connectivity index (χ2v) is 10.9. The van der Waals surface area contributed by atoms with Crippen LogP contribution in [0.3, 0.4) is 0 Å². The Morgan fingerprint density at radius 1 is 1.39 bits per heavy atom. The van der Waals surface area contributed by atoms with Crippen molar-refractivity contribution in [2.45, 2.75) is 32.4 Å². The van der Waals surface area contributed by atoms with Gasteiger partial charge in [0.05, 0.1) is 0 Å². The van der Waals surface area contributed by atoms with Gasteiger partial charge >= 0.3 is 0 Å². The van der Waals surface area contributed by atoms with Gasteiger partial charge in [0, 0.05) is 27.1 Å². The molecule has 98 valence electrons. The Bertz CT molecular complexity index is 475. The van der Waals surface area contributed by atoms with Crippen LogP contribution in [0.5, 0.6) is 0 Å². The van der Waals surface area contributed by atoms with Crippen molar-refractivity contribution in [1.29, 1.82) is 0 Å². The first-order valence-electron chi connectivity index (χ1n) is 5.89. The number of imidazole rings is 1. The number of aromatic nitrogens is 6. The van der Waals surface area contributed by atoms with Crippen molar-refractivity contribution in [3.8, 4) is 11.6 Å². The van der Waals surface area contributed by atoms with E-state index in [4.69, 9.17) is 4.74 Å². The minimum absolute atomic E-state index is 0.473. The third-order valence-electron chi connectivity index (χ3n) is 2.50. The average molecular weight is 266 g/mol. The number of ether oxygens (including phenoxy) is 1. The number of hydrogen-bond donors (Lipinski definition) is 1. The molecule has 0 bridgehead atoms. The molecule has 0 aliphatic heterocycles. The second-order valence-electron chi connectivity index (χ2n) is 5.32. The van der Waals surface area contributed by atoms with Crippen LogP contribution in [0.2, 0.25) is 25.7 Å². The maximum atomic E-state index is 5.67. The first-order valence-corrected chi connectivity index (χ1v) is 9.60. The lowest BCUT2D eigenvalue weighted by Gasteiger charge is -2.15. The van der Waals surface area contributed by atoms with Crippen LogP contribution in [0.25, 0.3) is 11.6 Å². The van der Waals surface area contributed by atoms with Gasteiger partial charge in [-0.25, -0.2) is 10.1 Å². The standard InChI is InChI=1S/C10H18N6OSi/c1-18(2,3)7-6-17-8-16-5-4-11-10(16)9-12-14-15-13-9/h4-5H,6-8H2,1-3H3,(H,12,13,14,15). The van der Waals surface area contributed by atoms with Crippen LogP contribution in [-0.4, -0.2) is 44.9 Å². The smallest absolute Gasteiger partial charge is 0.215 e. The molecule has 0 saturated carbocycles. The highest BCUT2D eigenvalue weighted by atomic mass is 28.3. The number of rotatable bonds is 6. The molecule has 2 heterocycles. The molecule has 2 aromatic rings. The van der Waals surface area contributed by atoms with E-state index in [-0.39, 0.29) is 0 Å². The monoisotopic (exact) mass is 266 g/mol. The molecule has 0 unspecified atom stereocenters. The fraction of sp³-hybridized carbons (Fsp3) is 0.600. The van der Waals surface area contributed by atoms with Gasteiger partial charge in [-0.2, -0.15) is 0 Å². The molecular formula is C10H18N6OSi. The van der Waals surface area contributed by atoms with Gasteiger partial charge in [-0.1, -0.05) is 19.6 Å². The average Bonchev–Trinajstić information content (AvgIpc) is 2.93. The Morgan fingerprint density at radius 3 is 2.89 bits per heavy atom. The van der Waals surface area contributed by atoms with E-state index in [9.17, 15) is 0 Å². The van der Waals surface area contributed by atoms with Crippen molar-refractivity contribution >= 4 is 8.07 Å². The SMILES string of the molecule is C[Si](C)(C)CCOCn1ccnc1-c1nnn[nH]1. The van der Waals surface area contributed by atoms with E-state index in [1.807, 2.05) is 10.8 Å². The summed E-state index contributed by atoms with van der Waals surface area (Å²) in [6, 6.07) is 1.15. The maximum Gasteiger partial charge on any atom is 0.215 e. The van der Waals surface area contributed by atoms with Crippen LogP contribution in [0.4, 0.5) is 0 Å². The van der Waals surface area contributed by atoms with Crippen LogP contribution >= 0.6 is 0 Å². The lowest BCUT2D eigenvalue weighted by molar-refractivity contribution is 0.0882. The molecule has 2 rings (SSSR count). The Hall–Kier alpha value is -1.54. The molecule has 0 aliphatic carbocycles. The predicted octanol–water partition coefficient (Wildman–Crippen LogP) is 1.38. The van der Waals surface area contributed by atoms with Gasteiger partial charge < -0.3 is 9.30 Å². The molecule has 0 amide bonds. The number of nitrogens with zero attached hydrogens (tertiary/aromatic N) is 5. The second kappa shape index (κ2) is 5.40. The maximum absolute atomic E-state index is 5.67. The van der Waals surface area contributed by atoms with E-state index in [1.165, 1.54) is 0 Å². The van der Waals surface area contributed by atoms with Gasteiger partial charge in [0.15, 0.2) is 5.82 Å². The van der Waals surface area contributed by atoms with Gasteiger partial charge in [-0.3, -0.25) is 0 Å². The topological polar surface area (TPSA) is 81.5 Å². The largest absolute Gasteiger partial charge is 0.361 e. The summed E-state index contributed by atoms with van der Waals surface area (Å²) in [6.07, 6.45) is 3.56. The normalized spacial score (nSPS) is 11.9. The highest BCUT2D eigenvalue weighted by Gasteiger charge is 2.13. The van der Waals surface area contributed by atoms with E-state index < -0.39 is 8.07 Å². The Labute approximate surface area is 107 Å². The number of H-pyrrole nitrogens is 1. The zero-order valence-electron chi connectivity index (χ0n) is 10.9. The Balaban J connectivity index is 1.89. The molecule has 0 atom stereocenters. The highest BCUT2D eigenvalue weighted by Crippen LogP contribution is 2.11. The van der Waals surface area contributed by atoms with E-state index in [2.05, 4.69) is 45.2 Å². The summed E-state index contributed by atoms with van der Waals surface area (Å²) in [7, 11) is -1.03. The number of aromatic amines is 1. The van der Waals surface area contributed by atoms with E-state index in [1.54, 1.807) is 6.20 Å². The van der Waals surface area contributed by atoms with Crippen LogP contribution < -0.4 is 0 Å². The fourth-order valence-electron chi connectivity index (χ4n) is 1.43. The Kier molecular flexibility index (Phi) is 3.87. The van der Waals surface area contributed by atoms with Crippen LogP contribution in [0, 0.1) is 0 Å². The summed E-state index contributed by atoms with van der Waals surface area (Å²) in [4.78, 5) is 4.20. The molecule has 0 radical (unpaired) electrons. The minimum Gasteiger partial charge on any atom is -0.361 e. The zero-order chi connectivity index (χ0) is 13.0. The van der Waals surface area contributed by atoms with Crippen LogP contribution in [-0.2, 0) is 11.5 Å². The molecule has 0 aromatic carbocycles. The molecule has 7 nitrogen and oxygen atoms in total. The summed E-state index contributed by atoms with van der Waals surface area (Å²) in [6.45, 7) is 8.25. The summed E-state index contributed by atoms with van der Waals surface area (Å²) in [5, 5.41) is 13.6. The lowest BCUT2D eigenvalue weighted by atomic mass is 10.6. The highest BCUT2D eigenvalue weighted by molar-refractivity contribution is 6.76. The van der Waals surface area contributed by atoms with Crippen molar-refractivity contribution in [3.63, 3.8) is 0 Å². The van der Waals surface area contributed by atoms with Gasteiger partial charge in [0.2, 0.25) is 5.82 Å². The first-order chi connectivity index (χ1) is 8.56. The molecule has 0 spiro atoms. The molecular weight excluding hydrogens is 248 g/mol. The lowest BCUT2D eigenvalue weighted by Crippen LogP contribution is -2.22. The first kappa shape index (κ1) is 12.9. The van der Waals surface area contributed by atoms with Gasteiger partial charge in [0.25, 0.3) is 0 Å². The number of hydrogen-bond acceptors (Lipinski definition) is 5. The van der Waals surface area contributed by atoms with Crippen molar-refractivity contribution < 1.29 is 4.74 Å². The van der Waals surface area contributed by atoms with Gasteiger partial charge in [0.1, 0.15) is 6.73 Å². The zero-order valence-corrected chi connectivity index (χ0v) is 11.9. The molecule has 0 saturated heterocycles. The van der Waals surface area contributed by atoms with E-state index in [0.717, 1.165) is 12.7 Å². The predicted molar refractivity (Wildman–Crippen MR) is 69.5 cm³/mol. The van der Waals surface area contributed by atoms with Crippen molar-refractivity contribution in [2.75, 3.05) is 6.61 Å². The quantitative estimate of drug-likeness (QED) is 0.631. The number of nitrogens with one attached hydrogen (secondary N) is 1. The summed E-state index contributed by atoms with van der Waals surface area (Å²) >= 11 is 0. The van der Waals surface area contributed by atoms with Crippen LogP contribution in [0.1, 0.15) is 0 Å². The summed E-state index contributed by atoms with van der Waals surface area (Å²) < 4.78 is 7.55. The van der Waals surface area contributed by atoms with Crippen molar-refractivity contribution in [1.82, 2.24) is 30.2 Å². The molecule has 2 aromatic heterocycles. The molecule has 0 fully saturated rings. The van der Waals surface area contributed by atoms with E-state index >= 15 is 0 Å². The molecule has 18 heavy (non-hydrogen) atoms. The number of tetrazole rings is 1. The molecule has 0 aliphatic rings. The Morgan fingerprint density at radius 2 is 2.22 bits per heavy atom. The van der Waals surface area contributed by atoms with E-state index in [0.29, 0.717) is 18.4 Å².